The first-order chi connectivity index (χ1) is 66.7. The smallest absolute Gasteiger partial charge is 0.151 e. The fourth-order valence-electron chi connectivity index (χ4n) is 19.4. The third-order valence-corrected chi connectivity index (χ3v) is 26.3. The Morgan fingerprint density at radius 3 is 0.706 bits per heavy atom. The van der Waals surface area contributed by atoms with Gasteiger partial charge < -0.3 is 39.0 Å². The molecule has 0 saturated carbocycles. The van der Waals surface area contributed by atoms with Gasteiger partial charge in [-0.25, -0.2) is 0 Å². The van der Waals surface area contributed by atoms with Crippen molar-refractivity contribution in [1.82, 2.24) is 0 Å². The van der Waals surface area contributed by atoms with Gasteiger partial charge in [-0.1, -0.05) is 344 Å². The van der Waals surface area contributed by atoms with Gasteiger partial charge in [0, 0.05) is 74.4 Å². The Bertz CT molecular complexity index is 7010. The van der Waals surface area contributed by atoms with Gasteiger partial charge in [-0.05, 0) is 281 Å². The maximum atomic E-state index is 6.01. The van der Waals surface area contributed by atoms with Crippen molar-refractivity contribution in [1.29, 1.82) is 0 Å². The lowest BCUT2D eigenvalue weighted by molar-refractivity contribution is 0.477. The quantitative estimate of drug-likeness (QED) is 0.156. The average Bonchev–Trinajstić information content (AvgIpc) is 0.823. The summed E-state index contributed by atoms with van der Waals surface area (Å²) in [4.78, 5) is 16.4. The molecule has 19 aromatic carbocycles. The third kappa shape index (κ3) is 18.0. The molecule has 0 radical (unpaired) electrons. The van der Waals surface area contributed by atoms with Crippen LogP contribution in [0.25, 0.3) is 12.2 Å². The number of hydrogen-bond donors (Lipinski definition) is 0. The lowest BCUT2D eigenvalue weighted by Gasteiger charge is -2.42. The summed E-state index contributed by atoms with van der Waals surface area (Å²) < 4.78 is 6.01. The minimum Gasteiger partial charge on any atom is -0.453 e. The monoisotopic (exact) mass is 1760 g/mol. The Morgan fingerprint density at radius 2 is 0.382 bits per heavy atom. The van der Waals surface area contributed by atoms with Gasteiger partial charge in [0.25, 0.3) is 0 Å². The van der Waals surface area contributed by atoms with Gasteiger partial charge >= 0.3 is 0 Å². The van der Waals surface area contributed by atoms with Crippen LogP contribution in [-0.4, -0.2) is 0 Å². The van der Waals surface area contributed by atoms with E-state index in [4.69, 9.17) is 4.74 Å². The zero-order chi connectivity index (χ0) is 92.6. The van der Waals surface area contributed by atoms with Gasteiger partial charge in [-0.2, -0.15) is 0 Å². The molecule has 8 nitrogen and oxygen atoms in total. The van der Waals surface area contributed by atoms with Crippen LogP contribution in [0.1, 0.15) is 91.7 Å². The fourth-order valence-corrected chi connectivity index (χ4v) is 19.4. The molecule has 6 heterocycles. The van der Waals surface area contributed by atoms with Crippen molar-refractivity contribution in [3.63, 3.8) is 0 Å². The highest BCUT2D eigenvalue weighted by Crippen LogP contribution is 2.57. The van der Waals surface area contributed by atoms with Crippen LogP contribution in [-0.2, 0) is 24.7 Å². The largest absolute Gasteiger partial charge is 0.453 e. The fraction of sp³-hybridized carbons (Fsp3) is 0.0938. The first kappa shape index (κ1) is 87.3. The maximum Gasteiger partial charge on any atom is 0.151 e. The van der Waals surface area contributed by atoms with E-state index >= 15 is 0 Å². The van der Waals surface area contributed by atoms with E-state index in [1.807, 2.05) is 36.4 Å². The molecule has 0 bridgehead atoms. The van der Waals surface area contributed by atoms with Crippen LogP contribution in [0.4, 0.5) is 119 Å². The molecule has 6 aliphatic heterocycles. The molecule has 6 aliphatic rings. The molecule has 136 heavy (non-hydrogen) atoms. The summed E-state index contributed by atoms with van der Waals surface area (Å²) in [6, 6.07) is 166. The van der Waals surface area contributed by atoms with Gasteiger partial charge in [-0.3, -0.25) is 0 Å². The zero-order valence-corrected chi connectivity index (χ0v) is 78.3. The number of para-hydroxylation sites is 17. The minimum absolute atomic E-state index is 0.00832. The Kier molecular flexibility index (Phi) is 25.0. The summed E-state index contributed by atoms with van der Waals surface area (Å²) in [5, 5.41) is 0. The molecule has 0 fully saturated rings. The molecule has 662 valence electrons. The van der Waals surface area contributed by atoms with Crippen LogP contribution in [0.2, 0.25) is 0 Å². The first-order valence-corrected chi connectivity index (χ1v) is 47.2. The van der Waals surface area contributed by atoms with E-state index in [1.54, 1.807) is 0 Å². The maximum absolute atomic E-state index is 6.01. The lowest BCUT2D eigenvalue weighted by atomic mass is 9.73. The molecule has 19 aromatic rings. The number of nitrogens with zero attached hydrogens (tertiary/aromatic N) is 7. The number of hydrogen-bond acceptors (Lipinski definition) is 8. The highest BCUT2D eigenvalue weighted by molar-refractivity contribution is 6.02. The second-order valence-electron chi connectivity index (χ2n) is 36.0. The van der Waals surface area contributed by atoms with Crippen LogP contribution < -0.4 is 39.0 Å². The Hall–Kier alpha value is -16.7. The Morgan fingerprint density at radius 1 is 0.176 bits per heavy atom. The Labute approximate surface area is 801 Å². The predicted octanol–water partition coefficient (Wildman–Crippen LogP) is 35.8. The molecule has 0 saturated heterocycles. The summed E-state index contributed by atoms with van der Waals surface area (Å²) in [6.45, 7) is 17.4. The Balaban J connectivity index is 0.000000101. The van der Waals surface area contributed by atoms with E-state index in [2.05, 4.69) is 533 Å². The van der Waals surface area contributed by atoms with Crippen molar-refractivity contribution >= 4 is 132 Å². The van der Waals surface area contributed by atoms with Crippen LogP contribution in [0.15, 0.2) is 467 Å². The lowest BCUT2D eigenvalue weighted by Crippen LogP contribution is -2.30. The van der Waals surface area contributed by atoms with Gasteiger partial charge in [0.05, 0.1) is 56.9 Å². The number of rotatable bonds is 7. The highest BCUT2D eigenvalue weighted by Gasteiger charge is 2.38. The SMILES string of the molecule is Cc1ccc(N2c3ccccc3C(C)(C)c3ccccc32)cc1.Cc1ccc(N2c3ccccc3C=Cc3ccccc32)cc1.Cc1ccc(N2c3ccccc3CCc3ccccc32)cc1.Cc1ccc(N2c3ccccc3Cc3ccccc32)cc1.Cc1ccc(N2c3ccccc3N(c3ccccc3)c3ccccc32)cc1.Cc1ccc(N2c3ccccc3Oc3ccccc32)cc1. The van der Waals surface area contributed by atoms with E-state index in [1.165, 1.54) is 180 Å². The predicted molar refractivity (Wildman–Crippen MR) is 575 cm³/mol. The number of benzene rings is 19. The number of aryl methyl sites for hydroxylation is 8. The van der Waals surface area contributed by atoms with Crippen LogP contribution >= 0.6 is 0 Å². The molecule has 8 heteroatoms. The van der Waals surface area contributed by atoms with Crippen molar-refractivity contribution in [3.8, 4) is 11.5 Å². The van der Waals surface area contributed by atoms with Crippen LogP contribution in [0.3, 0.4) is 0 Å². The number of ether oxygens (including phenoxy) is 1. The summed E-state index contributed by atoms with van der Waals surface area (Å²) in [5.41, 5.74) is 43.9. The van der Waals surface area contributed by atoms with E-state index in [-0.39, 0.29) is 5.41 Å². The molecule has 25 rings (SSSR count). The minimum atomic E-state index is 0.00832. The molecule has 0 amide bonds. The van der Waals surface area contributed by atoms with Gasteiger partial charge in [0.1, 0.15) is 0 Å². The van der Waals surface area contributed by atoms with E-state index in [9.17, 15) is 0 Å². The van der Waals surface area contributed by atoms with Crippen molar-refractivity contribution in [2.45, 2.75) is 80.1 Å². The van der Waals surface area contributed by atoms with Gasteiger partial charge in [0.2, 0.25) is 0 Å². The standard InChI is InChI=1S/C25H20N2.C22H21N.C21H19N.C21H17N.C20H17N.C19H15NO/c1-19-15-17-21(18-16-19)27-24-13-7-5-11-22(24)26(20-9-3-2-4-10-20)23-12-6-8-14-25(23)27;1-16-12-14-17(15-13-16)23-20-10-6-4-8-18(20)22(2,3)19-9-5-7-11-21(19)23;2*1-16-10-14-19(15-11-16)22-20-8-4-2-6-17(20)12-13-18-7-3-5-9-21(18)22;1-15-10-12-18(13-11-15)21-19-8-4-2-6-16(19)14-17-7-3-5-9-20(17)21;1-14-10-12-15(13-11-14)20-16-6-2-4-8-18(16)21-19-9-5-3-7-17(19)20/h2-18H,1H3;4-15H,1-3H3;2-11,14-15H,12-13H2,1H3;2-15H,1H3;2-13H,14H2,1H3;2-13H,1H3. The second kappa shape index (κ2) is 39.0. The van der Waals surface area contributed by atoms with Crippen molar-refractivity contribution in [3.05, 3.63) is 545 Å². The summed E-state index contributed by atoms with van der Waals surface area (Å²) in [6.07, 6.45) is 7.59. The normalized spacial score (nSPS) is 13.0. The van der Waals surface area contributed by atoms with E-state index in [0.29, 0.717) is 0 Å². The molecule has 0 atom stereocenters. The molecule has 0 aliphatic carbocycles. The van der Waals surface area contributed by atoms with E-state index in [0.717, 1.165) is 47.8 Å². The first-order valence-electron chi connectivity index (χ1n) is 47.2. The summed E-state index contributed by atoms with van der Waals surface area (Å²) >= 11 is 0. The highest BCUT2D eigenvalue weighted by atomic mass is 16.5. The topological polar surface area (TPSA) is 31.9 Å². The molecular formula is C128H109N7O. The van der Waals surface area contributed by atoms with Crippen molar-refractivity contribution in [2.24, 2.45) is 0 Å². The third-order valence-electron chi connectivity index (χ3n) is 26.3. The zero-order valence-electron chi connectivity index (χ0n) is 78.3. The molecule has 0 N–H and O–H groups in total. The van der Waals surface area contributed by atoms with Crippen LogP contribution in [0, 0.1) is 41.5 Å². The molecular weight excluding hydrogens is 1650 g/mol. The van der Waals surface area contributed by atoms with Gasteiger partial charge in [0.15, 0.2) is 11.5 Å². The van der Waals surface area contributed by atoms with Crippen LogP contribution in [0.5, 0.6) is 11.5 Å². The summed E-state index contributed by atoms with van der Waals surface area (Å²) in [7, 11) is 0. The van der Waals surface area contributed by atoms with Crippen molar-refractivity contribution < 1.29 is 4.74 Å². The van der Waals surface area contributed by atoms with E-state index < -0.39 is 0 Å². The average molecular weight is 1760 g/mol. The molecule has 0 aromatic heterocycles. The molecule has 0 unspecified atom stereocenters. The van der Waals surface area contributed by atoms with Gasteiger partial charge in [-0.15, -0.1) is 0 Å². The van der Waals surface area contributed by atoms with Crippen molar-refractivity contribution in [2.75, 3.05) is 34.3 Å². The molecule has 0 spiro atoms. The number of fused-ring (bicyclic) bond motifs is 12. The summed E-state index contributed by atoms with van der Waals surface area (Å²) in [5.74, 6) is 1.77. The number of anilines is 21. The second-order valence-corrected chi connectivity index (χ2v) is 36.0.